The molecule has 0 radical (unpaired) electrons. The molecule has 0 unspecified atom stereocenters. The summed E-state index contributed by atoms with van der Waals surface area (Å²) in [4.78, 5) is 1.25. The van der Waals surface area contributed by atoms with Crippen LogP contribution in [0.1, 0.15) is 37.4 Å². The van der Waals surface area contributed by atoms with Crippen molar-refractivity contribution in [3.05, 3.63) is 29.3 Å². The van der Waals surface area contributed by atoms with Crippen molar-refractivity contribution in [3.8, 4) is 10.6 Å². The SMILES string of the molecule is NCCc1cc(-c2cccs2)nn1C1CCCC1. The van der Waals surface area contributed by atoms with Crippen molar-refractivity contribution in [1.82, 2.24) is 9.78 Å². The predicted octanol–water partition coefficient (Wildman–Crippen LogP) is 3.23. The Kier molecular flexibility index (Phi) is 3.48. The van der Waals surface area contributed by atoms with Crippen LogP contribution in [0.15, 0.2) is 23.6 Å². The summed E-state index contributed by atoms with van der Waals surface area (Å²) in [5.41, 5.74) is 8.13. The van der Waals surface area contributed by atoms with Crippen LogP contribution in [-0.2, 0) is 6.42 Å². The van der Waals surface area contributed by atoms with E-state index in [-0.39, 0.29) is 0 Å². The van der Waals surface area contributed by atoms with Gasteiger partial charge in [-0.15, -0.1) is 11.3 Å². The molecular formula is C14H19N3S. The van der Waals surface area contributed by atoms with Gasteiger partial charge in [0, 0.05) is 12.1 Å². The van der Waals surface area contributed by atoms with E-state index in [4.69, 9.17) is 10.8 Å². The molecule has 0 aliphatic heterocycles. The van der Waals surface area contributed by atoms with Gasteiger partial charge in [0.2, 0.25) is 0 Å². The molecule has 2 aromatic heterocycles. The Morgan fingerprint density at radius 1 is 1.39 bits per heavy atom. The van der Waals surface area contributed by atoms with Gasteiger partial charge in [-0.25, -0.2) is 0 Å². The first-order valence-corrected chi connectivity index (χ1v) is 7.59. The zero-order valence-corrected chi connectivity index (χ0v) is 11.3. The van der Waals surface area contributed by atoms with E-state index in [1.807, 2.05) is 0 Å². The molecule has 2 N–H and O–H groups in total. The summed E-state index contributed by atoms with van der Waals surface area (Å²) in [5.74, 6) is 0. The highest BCUT2D eigenvalue weighted by Gasteiger charge is 2.21. The third-order valence-electron chi connectivity index (χ3n) is 3.66. The van der Waals surface area contributed by atoms with Gasteiger partial charge in [0.1, 0.15) is 5.69 Å². The lowest BCUT2D eigenvalue weighted by Gasteiger charge is -2.13. The quantitative estimate of drug-likeness (QED) is 0.918. The van der Waals surface area contributed by atoms with Gasteiger partial charge in [-0.05, 0) is 36.9 Å². The minimum absolute atomic E-state index is 0.597. The first-order chi connectivity index (χ1) is 8.88. The van der Waals surface area contributed by atoms with E-state index in [0.29, 0.717) is 12.6 Å². The lowest BCUT2D eigenvalue weighted by Crippen LogP contribution is -2.13. The van der Waals surface area contributed by atoms with Gasteiger partial charge in [-0.2, -0.15) is 5.10 Å². The summed E-state index contributed by atoms with van der Waals surface area (Å²) in [6.45, 7) is 0.697. The molecule has 0 saturated heterocycles. The van der Waals surface area contributed by atoms with Crippen molar-refractivity contribution in [3.63, 3.8) is 0 Å². The number of thiophene rings is 1. The van der Waals surface area contributed by atoms with Crippen molar-refractivity contribution in [1.29, 1.82) is 0 Å². The largest absolute Gasteiger partial charge is 0.330 e. The Bertz CT molecular complexity index is 495. The Labute approximate surface area is 112 Å². The average molecular weight is 261 g/mol. The summed E-state index contributed by atoms with van der Waals surface area (Å²) in [7, 11) is 0. The van der Waals surface area contributed by atoms with Crippen molar-refractivity contribution in [2.75, 3.05) is 6.54 Å². The third-order valence-corrected chi connectivity index (χ3v) is 4.55. The molecule has 4 heteroatoms. The van der Waals surface area contributed by atoms with Crippen LogP contribution >= 0.6 is 11.3 Å². The van der Waals surface area contributed by atoms with Gasteiger partial charge in [-0.3, -0.25) is 4.68 Å². The van der Waals surface area contributed by atoms with E-state index in [0.717, 1.165) is 12.1 Å². The second kappa shape index (κ2) is 5.24. The van der Waals surface area contributed by atoms with Crippen LogP contribution in [0.5, 0.6) is 0 Å². The number of nitrogens with two attached hydrogens (primary N) is 1. The number of aromatic nitrogens is 2. The summed E-state index contributed by atoms with van der Waals surface area (Å²) in [6, 6.07) is 7.03. The van der Waals surface area contributed by atoms with Gasteiger partial charge < -0.3 is 5.73 Å². The second-order valence-corrected chi connectivity index (χ2v) is 5.87. The predicted molar refractivity (Wildman–Crippen MR) is 75.8 cm³/mol. The molecule has 1 fully saturated rings. The molecule has 0 amide bonds. The molecule has 96 valence electrons. The van der Waals surface area contributed by atoms with E-state index in [9.17, 15) is 0 Å². The van der Waals surface area contributed by atoms with Crippen LogP contribution in [0.3, 0.4) is 0 Å². The number of nitrogens with zero attached hydrogens (tertiary/aromatic N) is 2. The fraction of sp³-hybridized carbons (Fsp3) is 0.500. The fourth-order valence-corrected chi connectivity index (χ4v) is 3.46. The lowest BCUT2D eigenvalue weighted by molar-refractivity contribution is 0.451. The molecule has 3 rings (SSSR count). The maximum Gasteiger partial charge on any atom is 0.103 e. The zero-order valence-electron chi connectivity index (χ0n) is 10.5. The molecule has 2 heterocycles. The van der Waals surface area contributed by atoms with Crippen molar-refractivity contribution in [2.24, 2.45) is 5.73 Å². The van der Waals surface area contributed by atoms with Crippen molar-refractivity contribution in [2.45, 2.75) is 38.1 Å². The highest BCUT2D eigenvalue weighted by atomic mass is 32.1. The molecule has 2 aromatic rings. The van der Waals surface area contributed by atoms with Crippen LogP contribution in [-0.4, -0.2) is 16.3 Å². The molecule has 0 aromatic carbocycles. The van der Waals surface area contributed by atoms with Crippen LogP contribution in [0.2, 0.25) is 0 Å². The zero-order chi connectivity index (χ0) is 12.4. The normalized spacial score (nSPS) is 16.5. The Balaban J connectivity index is 1.95. The summed E-state index contributed by atoms with van der Waals surface area (Å²) in [6.07, 6.45) is 6.13. The van der Waals surface area contributed by atoms with E-state index in [1.54, 1.807) is 11.3 Å². The number of hydrogen-bond acceptors (Lipinski definition) is 3. The molecule has 3 nitrogen and oxygen atoms in total. The standard InChI is InChI=1S/C14H19N3S/c15-8-7-12-10-13(14-6-3-9-18-14)16-17(12)11-4-1-2-5-11/h3,6,9-11H,1-2,4-5,7-8,15H2. The van der Waals surface area contributed by atoms with Gasteiger partial charge in [0.15, 0.2) is 0 Å². The fourth-order valence-electron chi connectivity index (χ4n) is 2.78. The Hall–Kier alpha value is -1.13. The minimum atomic E-state index is 0.597. The summed E-state index contributed by atoms with van der Waals surface area (Å²) >= 11 is 1.75. The first-order valence-electron chi connectivity index (χ1n) is 6.71. The minimum Gasteiger partial charge on any atom is -0.330 e. The first kappa shape index (κ1) is 11.9. The molecule has 0 spiro atoms. The Morgan fingerprint density at radius 3 is 2.89 bits per heavy atom. The highest BCUT2D eigenvalue weighted by Crippen LogP contribution is 2.32. The maximum absolute atomic E-state index is 5.72. The molecule has 1 aliphatic rings. The van der Waals surface area contributed by atoms with Crippen LogP contribution in [0.25, 0.3) is 10.6 Å². The van der Waals surface area contributed by atoms with E-state index in [1.165, 1.54) is 36.3 Å². The smallest absolute Gasteiger partial charge is 0.103 e. The van der Waals surface area contributed by atoms with Gasteiger partial charge in [0.25, 0.3) is 0 Å². The van der Waals surface area contributed by atoms with E-state index < -0.39 is 0 Å². The molecule has 0 bridgehead atoms. The molecular weight excluding hydrogens is 242 g/mol. The second-order valence-electron chi connectivity index (χ2n) is 4.92. The van der Waals surface area contributed by atoms with E-state index in [2.05, 4.69) is 28.3 Å². The summed E-state index contributed by atoms with van der Waals surface area (Å²) < 4.78 is 2.24. The maximum atomic E-state index is 5.72. The number of hydrogen-bond donors (Lipinski definition) is 1. The molecule has 18 heavy (non-hydrogen) atoms. The monoisotopic (exact) mass is 261 g/mol. The molecule has 1 aliphatic carbocycles. The highest BCUT2D eigenvalue weighted by molar-refractivity contribution is 7.13. The van der Waals surface area contributed by atoms with Gasteiger partial charge in [0.05, 0.1) is 10.9 Å². The van der Waals surface area contributed by atoms with Crippen molar-refractivity contribution < 1.29 is 0 Å². The summed E-state index contributed by atoms with van der Waals surface area (Å²) in [5, 5.41) is 6.93. The molecule has 1 saturated carbocycles. The van der Waals surface area contributed by atoms with Crippen LogP contribution in [0, 0.1) is 0 Å². The number of rotatable bonds is 4. The van der Waals surface area contributed by atoms with Gasteiger partial charge >= 0.3 is 0 Å². The molecule has 0 atom stereocenters. The topological polar surface area (TPSA) is 43.8 Å². The lowest BCUT2D eigenvalue weighted by atomic mass is 10.2. The van der Waals surface area contributed by atoms with Gasteiger partial charge in [-0.1, -0.05) is 18.9 Å². The van der Waals surface area contributed by atoms with Crippen LogP contribution < -0.4 is 5.73 Å². The van der Waals surface area contributed by atoms with E-state index >= 15 is 0 Å². The third kappa shape index (κ3) is 2.22. The van der Waals surface area contributed by atoms with Crippen LogP contribution in [0.4, 0.5) is 0 Å². The average Bonchev–Trinajstić information content (AvgIpc) is 3.11. The Morgan fingerprint density at radius 2 is 2.22 bits per heavy atom. The van der Waals surface area contributed by atoms with Crippen molar-refractivity contribution >= 4 is 11.3 Å².